The van der Waals surface area contributed by atoms with Gasteiger partial charge in [-0.15, -0.1) is 0 Å². The zero-order valence-electron chi connectivity index (χ0n) is 8.30. The molecule has 14 heavy (non-hydrogen) atoms. The van der Waals surface area contributed by atoms with Crippen LogP contribution >= 0.6 is 0 Å². The molecular formula is C7H16N2O4S. The SMILES string of the molecule is CN(CCS(C)(=O)=O)CC(N)C(=O)O. The third kappa shape index (κ3) is 6.81. The van der Waals surface area contributed by atoms with Crippen molar-refractivity contribution in [3.05, 3.63) is 0 Å². The molecule has 0 rings (SSSR count). The Kier molecular flexibility index (Phi) is 5.03. The topological polar surface area (TPSA) is 101 Å². The second-order valence-electron chi connectivity index (χ2n) is 3.34. The van der Waals surface area contributed by atoms with E-state index in [0.29, 0.717) is 6.54 Å². The van der Waals surface area contributed by atoms with Gasteiger partial charge >= 0.3 is 5.97 Å². The minimum absolute atomic E-state index is 0.00976. The van der Waals surface area contributed by atoms with E-state index in [1.54, 1.807) is 11.9 Å². The fourth-order valence-corrected chi connectivity index (χ4v) is 1.47. The van der Waals surface area contributed by atoms with Crippen LogP contribution in [0.2, 0.25) is 0 Å². The third-order valence-corrected chi connectivity index (χ3v) is 2.59. The fraction of sp³-hybridized carbons (Fsp3) is 0.857. The number of hydrogen-bond acceptors (Lipinski definition) is 5. The first-order valence-electron chi connectivity index (χ1n) is 4.07. The van der Waals surface area contributed by atoms with Crippen molar-refractivity contribution in [2.75, 3.05) is 32.1 Å². The molecule has 0 spiro atoms. The Morgan fingerprint density at radius 1 is 1.57 bits per heavy atom. The van der Waals surface area contributed by atoms with Crippen LogP contribution < -0.4 is 5.73 Å². The normalized spacial score (nSPS) is 14.3. The molecule has 0 fully saturated rings. The average molecular weight is 224 g/mol. The lowest BCUT2D eigenvalue weighted by molar-refractivity contribution is -0.138. The van der Waals surface area contributed by atoms with E-state index >= 15 is 0 Å². The predicted octanol–water partition coefficient (Wildman–Crippen LogP) is -1.63. The average Bonchev–Trinajstić information content (AvgIpc) is 1.99. The molecule has 0 aromatic rings. The van der Waals surface area contributed by atoms with Crippen molar-refractivity contribution < 1.29 is 18.3 Å². The highest BCUT2D eigenvalue weighted by atomic mass is 32.2. The number of nitrogens with two attached hydrogens (primary N) is 1. The first-order chi connectivity index (χ1) is 6.22. The van der Waals surface area contributed by atoms with Gasteiger partial charge in [0.25, 0.3) is 0 Å². The molecule has 0 aromatic carbocycles. The van der Waals surface area contributed by atoms with Crippen LogP contribution in [0.5, 0.6) is 0 Å². The highest BCUT2D eigenvalue weighted by Crippen LogP contribution is 1.90. The molecule has 0 saturated carbocycles. The standard InChI is InChI=1S/C7H16N2O4S/c1-9(3-4-14(2,12)13)5-6(8)7(10)11/h6H,3-5,8H2,1-2H3,(H,10,11). The lowest BCUT2D eigenvalue weighted by atomic mass is 10.3. The second kappa shape index (κ2) is 5.28. The summed E-state index contributed by atoms with van der Waals surface area (Å²) in [6.07, 6.45) is 1.14. The summed E-state index contributed by atoms with van der Waals surface area (Å²) in [5.74, 6) is -1.08. The number of aliphatic carboxylic acids is 1. The van der Waals surface area contributed by atoms with Crippen LogP contribution in [0.3, 0.4) is 0 Å². The monoisotopic (exact) mass is 224 g/mol. The summed E-state index contributed by atoms with van der Waals surface area (Å²) in [6, 6.07) is -0.973. The van der Waals surface area contributed by atoms with Crippen molar-refractivity contribution in [2.45, 2.75) is 6.04 Å². The first kappa shape index (κ1) is 13.3. The van der Waals surface area contributed by atoms with E-state index in [-0.39, 0.29) is 12.3 Å². The summed E-state index contributed by atoms with van der Waals surface area (Å²) in [7, 11) is -1.37. The van der Waals surface area contributed by atoms with E-state index < -0.39 is 21.8 Å². The van der Waals surface area contributed by atoms with E-state index in [1.807, 2.05) is 0 Å². The number of sulfone groups is 1. The summed E-state index contributed by atoms with van der Waals surface area (Å²) in [4.78, 5) is 11.9. The van der Waals surface area contributed by atoms with Crippen molar-refractivity contribution in [3.63, 3.8) is 0 Å². The number of nitrogens with zero attached hydrogens (tertiary/aromatic N) is 1. The number of carbonyl (C=O) groups is 1. The Labute approximate surface area is 83.6 Å². The van der Waals surface area contributed by atoms with Gasteiger partial charge in [-0.3, -0.25) is 4.79 Å². The quantitative estimate of drug-likeness (QED) is 0.562. The molecule has 0 aliphatic carbocycles. The smallest absolute Gasteiger partial charge is 0.321 e. The largest absolute Gasteiger partial charge is 0.480 e. The number of carboxylic acid groups (broad SMARTS) is 1. The van der Waals surface area contributed by atoms with Crippen molar-refractivity contribution in [3.8, 4) is 0 Å². The molecule has 0 aliphatic heterocycles. The van der Waals surface area contributed by atoms with Gasteiger partial charge in [0.2, 0.25) is 0 Å². The number of hydrogen-bond donors (Lipinski definition) is 2. The number of likely N-dealkylation sites (N-methyl/N-ethyl adjacent to an activating group) is 1. The molecule has 1 unspecified atom stereocenters. The summed E-state index contributed by atoms with van der Waals surface area (Å²) in [5.41, 5.74) is 5.27. The fourth-order valence-electron chi connectivity index (χ4n) is 0.827. The molecule has 0 radical (unpaired) electrons. The Hall–Kier alpha value is -0.660. The van der Waals surface area contributed by atoms with Gasteiger partial charge in [-0.05, 0) is 7.05 Å². The van der Waals surface area contributed by atoms with Crippen LogP contribution in [-0.4, -0.2) is 62.6 Å². The molecule has 3 N–H and O–H groups in total. The van der Waals surface area contributed by atoms with Gasteiger partial charge in [0, 0.05) is 19.3 Å². The zero-order valence-corrected chi connectivity index (χ0v) is 9.12. The van der Waals surface area contributed by atoms with Crippen molar-refractivity contribution in [2.24, 2.45) is 5.73 Å². The van der Waals surface area contributed by atoms with Gasteiger partial charge < -0.3 is 15.7 Å². The van der Waals surface area contributed by atoms with Gasteiger partial charge in [-0.2, -0.15) is 0 Å². The lowest BCUT2D eigenvalue weighted by Gasteiger charge is -2.17. The molecule has 0 aromatic heterocycles. The van der Waals surface area contributed by atoms with Crippen LogP contribution in [-0.2, 0) is 14.6 Å². The summed E-state index contributed by atoms with van der Waals surface area (Å²) in [5, 5.41) is 8.49. The van der Waals surface area contributed by atoms with E-state index in [0.717, 1.165) is 6.26 Å². The molecule has 1 atom stereocenters. The third-order valence-electron chi connectivity index (χ3n) is 1.67. The second-order valence-corrected chi connectivity index (χ2v) is 5.60. The van der Waals surface area contributed by atoms with Gasteiger partial charge in [-0.1, -0.05) is 0 Å². The van der Waals surface area contributed by atoms with E-state index in [9.17, 15) is 13.2 Å². The molecule has 0 aliphatic rings. The summed E-state index contributed by atoms with van der Waals surface area (Å²) >= 11 is 0. The Balaban J connectivity index is 3.88. The van der Waals surface area contributed by atoms with Crippen molar-refractivity contribution >= 4 is 15.8 Å². The van der Waals surface area contributed by atoms with Crippen LogP contribution in [0.15, 0.2) is 0 Å². The summed E-state index contributed by atoms with van der Waals surface area (Å²) in [6.45, 7) is 0.435. The Bertz CT molecular complexity index is 288. The highest BCUT2D eigenvalue weighted by molar-refractivity contribution is 7.90. The minimum Gasteiger partial charge on any atom is -0.480 e. The van der Waals surface area contributed by atoms with Crippen LogP contribution in [0.1, 0.15) is 0 Å². The lowest BCUT2D eigenvalue weighted by Crippen LogP contribution is -2.42. The van der Waals surface area contributed by atoms with Crippen LogP contribution in [0.25, 0.3) is 0 Å². The van der Waals surface area contributed by atoms with E-state index in [1.165, 1.54) is 0 Å². The molecular weight excluding hydrogens is 208 g/mol. The highest BCUT2D eigenvalue weighted by Gasteiger charge is 2.14. The van der Waals surface area contributed by atoms with E-state index in [2.05, 4.69) is 0 Å². The predicted molar refractivity (Wildman–Crippen MR) is 52.8 cm³/mol. The molecule has 0 heterocycles. The van der Waals surface area contributed by atoms with Gasteiger partial charge in [0.05, 0.1) is 5.75 Å². The minimum atomic E-state index is -3.01. The Morgan fingerprint density at radius 2 is 2.07 bits per heavy atom. The molecule has 0 bridgehead atoms. The summed E-state index contributed by atoms with van der Waals surface area (Å²) < 4.78 is 21.6. The first-order valence-corrected chi connectivity index (χ1v) is 6.13. The Morgan fingerprint density at radius 3 is 2.43 bits per heavy atom. The maximum atomic E-state index is 10.8. The van der Waals surface area contributed by atoms with Gasteiger partial charge in [-0.25, -0.2) is 8.42 Å². The van der Waals surface area contributed by atoms with Gasteiger partial charge in [0.1, 0.15) is 15.9 Å². The molecule has 0 amide bonds. The van der Waals surface area contributed by atoms with Crippen LogP contribution in [0, 0.1) is 0 Å². The number of rotatable bonds is 6. The number of carboxylic acids is 1. The van der Waals surface area contributed by atoms with Crippen LogP contribution in [0.4, 0.5) is 0 Å². The molecule has 7 heteroatoms. The molecule has 84 valence electrons. The van der Waals surface area contributed by atoms with Crippen molar-refractivity contribution in [1.82, 2.24) is 4.90 Å². The molecule has 6 nitrogen and oxygen atoms in total. The zero-order chi connectivity index (χ0) is 11.4. The van der Waals surface area contributed by atoms with Gasteiger partial charge in [0.15, 0.2) is 0 Å². The maximum Gasteiger partial charge on any atom is 0.321 e. The maximum absolute atomic E-state index is 10.8. The van der Waals surface area contributed by atoms with Crippen molar-refractivity contribution in [1.29, 1.82) is 0 Å². The van der Waals surface area contributed by atoms with E-state index in [4.69, 9.17) is 10.8 Å². The molecule has 0 saturated heterocycles.